The van der Waals surface area contributed by atoms with Crippen molar-refractivity contribution in [3.63, 3.8) is 0 Å². The zero-order chi connectivity index (χ0) is 11.8. The molecular formula is C13H17NO2. The summed E-state index contributed by atoms with van der Waals surface area (Å²) in [4.78, 5) is 13.7. The molecule has 1 aromatic rings. The van der Waals surface area contributed by atoms with Crippen LogP contribution in [0.4, 0.5) is 5.69 Å². The number of anilines is 1. The van der Waals surface area contributed by atoms with Gasteiger partial charge in [-0.3, -0.25) is 4.79 Å². The second-order valence-corrected chi connectivity index (χ2v) is 4.74. The molecule has 0 N–H and O–H groups in total. The molecule has 0 aromatic heterocycles. The summed E-state index contributed by atoms with van der Waals surface area (Å²) in [7, 11) is 1.64. The fourth-order valence-electron chi connectivity index (χ4n) is 2.20. The van der Waals surface area contributed by atoms with Crippen molar-refractivity contribution in [1.29, 1.82) is 0 Å². The number of ether oxygens (including phenoxy) is 1. The summed E-state index contributed by atoms with van der Waals surface area (Å²) in [5.41, 5.74) is 0.874. The summed E-state index contributed by atoms with van der Waals surface area (Å²) in [6.07, 6.45) is 1.55. The van der Waals surface area contributed by atoms with E-state index in [-0.39, 0.29) is 11.4 Å². The van der Waals surface area contributed by atoms with Crippen molar-refractivity contribution >= 4 is 11.6 Å². The van der Waals surface area contributed by atoms with Crippen LogP contribution in [0.3, 0.4) is 0 Å². The third-order valence-corrected chi connectivity index (χ3v) is 3.14. The minimum absolute atomic E-state index is 0.0777. The Bertz CT molecular complexity index is 395. The lowest BCUT2D eigenvalue weighted by Crippen LogP contribution is -2.40. The number of hydrogen-bond acceptors (Lipinski definition) is 2. The summed E-state index contributed by atoms with van der Waals surface area (Å²) in [5.74, 6) is 1.02. The van der Waals surface area contributed by atoms with Gasteiger partial charge in [0, 0.05) is 17.6 Å². The average molecular weight is 219 g/mol. The minimum Gasteiger partial charge on any atom is -0.497 e. The van der Waals surface area contributed by atoms with Gasteiger partial charge in [-0.15, -0.1) is 0 Å². The molecule has 0 unspecified atom stereocenters. The Hall–Kier alpha value is -1.51. The number of methoxy groups -OCH3 is 1. The van der Waals surface area contributed by atoms with Gasteiger partial charge in [0.15, 0.2) is 0 Å². The Morgan fingerprint density at radius 1 is 1.25 bits per heavy atom. The topological polar surface area (TPSA) is 29.5 Å². The molecule has 0 atom stereocenters. The first kappa shape index (κ1) is 11.0. The lowest BCUT2D eigenvalue weighted by atomic mass is 10.0. The van der Waals surface area contributed by atoms with Gasteiger partial charge >= 0.3 is 0 Å². The van der Waals surface area contributed by atoms with Crippen molar-refractivity contribution in [3.05, 3.63) is 24.3 Å². The molecule has 0 radical (unpaired) electrons. The van der Waals surface area contributed by atoms with Gasteiger partial charge in [-0.1, -0.05) is 0 Å². The van der Waals surface area contributed by atoms with Crippen LogP contribution in [0, 0.1) is 0 Å². The maximum Gasteiger partial charge on any atom is 0.227 e. The molecular weight excluding hydrogens is 202 g/mol. The number of nitrogens with zero attached hydrogens (tertiary/aromatic N) is 1. The average Bonchev–Trinajstić information content (AvgIpc) is 2.53. The highest BCUT2D eigenvalue weighted by Crippen LogP contribution is 2.34. The Balaban J connectivity index is 2.32. The lowest BCUT2D eigenvalue weighted by molar-refractivity contribution is -0.117. The maximum absolute atomic E-state index is 11.8. The molecule has 1 aromatic carbocycles. The first-order valence-electron chi connectivity index (χ1n) is 5.52. The van der Waals surface area contributed by atoms with Crippen molar-refractivity contribution in [3.8, 4) is 5.75 Å². The fraction of sp³-hybridized carbons (Fsp3) is 0.462. The van der Waals surface area contributed by atoms with E-state index in [1.165, 1.54) is 0 Å². The third kappa shape index (κ3) is 1.77. The van der Waals surface area contributed by atoms with Gasteiger partial charge in [0.1, 0.15) is 5.75 Å². The second-order valence-electron chi connectivity index (χ2n) is 4.74. The fourth-order valence-corrected chi connectivity index (χ4v) is 2.20. The largest absolute Gasteiger partial charge is 0.497 e. The molecule has 3 heteroatoms. The van der Waals surface area contributed by atoms with Gasteiger partial charge in [-0.2, -0.15) is 0 Å². The number of rotatable bonds is 2. The van der Waals surface area contributed by atoms with Gasteiger partial charge in [0.25, 0.3) is 0 Å². The number of carbonyl (C=O) groups excluding carboxylic acids is 1. The highest BCUT2D eigenvalue weighted by Gasteiger charge is 2.38. The van der Waals surface area contributed by atoms with Crippen molar-refractivity contribution in [2.75, 3.05) is 12.0 Å². The van der Waals surface area contributed by atoms with Crippen LogP contribution in [-0.4, -0.2) is 18.6 Å². The first-order valence-corrected chi connectivity index (χ1v) is 5.52. The predicted octanol–water partition coefficient (Wildman–Crippen LogP) is 2.60. The van der Waals surface area contributed by atoms with E-state index in [0.29, 0.717) is 6.42 Å². The van der Waals surface area contributed by atoms with E-state index in [9.17, 15) is 4.79 Å². The molecule has 1 heterocycles. The monoisotopic (exact) mass is 219 g/mol. The number of carbonyl (C=O) groups is 1. The molecule has 1 saturated heterocycles. The molecule has 0 aliphatic carbocycles. The van der Waals surface area contributed by atoms with Gasteiger partial charge in [0.2, 0.25) is 5.91 Å². The highest BCUT2D eigenvalue weighted by atomic mass is 16.5. The summed E-state index contributed by atoms with van der Waals surface area (Å²) in [5, 5.41) is 0. The van der Waals surface area contributed by atoms with Crippen LogP contribution in [-0.2, 0) is 4.79 Å². The molecule has 0 bridgehead atoms. The molecule has 2 rings (SSSR count). The number of benzene rings is 1. The SMILES string of the molecule is COc1ccc(N2C(=O)CCC2(C)C)cc1. The summed E-state index contributed by atoms with van der Waals surface area (Å²) < 4.78 is 5.11. The molecule has 16 heavy (non-hydrogen) atoms. The number of hydrogen-bond donors (Lipinski definition) is 0. The lowest BCUT2D eigenvalue weighted by Gasteiger charge is -2.31. The van der Waals surface area contributed by atoms with Crippen molar-refractivity contribution < 1.29 is 9.53 Å². The minimum atomic E-state index is -0.0777. The Labute approximate surface area is 96.0 Å². The molecule has 3 nitrogen and oxygen atoms in total. The van der Waals surface area contributed by atoms with E-state index >= 15 is 0 Å². The van der Waals surface area contributed by atoms with Crippen LogP contribution in [0.1, 0.15) is 26.7 Å². The smallest absolute Gasteiger partial charge is 0.227 e. The van der Waals surface area contributed by atoms with Crippen LogP contribution >= 0.6 is 0 Å². The Kier molecular flexibility index (Phi) is 2.62. The van der Waals surface area contributed by atoms with Gasteiger partial charge < -0.3 is 9.64 Å². The zero-order valence-corrected chi connectivity index (χ0v) is 9.99. The normalized spacial score (nSPS) is 18.9. The zero-order valence-electron chi connectivity index (χ0n) is 9.99. The van der Waals surface area contributed by atoms with Crippen LogP contribution in [0.2, 0.25) is 0 Å². The quantitative estimate of drug-likeness (QED) is 0.765. The first-order chi connectivity index (χ1) is 7.54. The van der Waals surface area contributed by atoms with Crippen LogP contribution in [0.5, 0.6) is 5.75 Å². The summed E-state index contributed by atoms with van der Waals surface area (Å²) >= 11 is 0. The van der Waals surface area contributed by atoms with Gasteiger partial charge in [-0.25, -0.2) is 0 Å². The van der Waals surface area contributed by atoms with E-state index in [1.807, 2.05) is 29.2 Å². The summed E-state index contributed by atoms with van der Waals surface area (Å²) in [6, 6.07) is 7.64. The maximum atomic E-state index is 11.8. The standard InChI is InChI=1S/C13H17NO2/c1-13(2)9-8-12(15)14(13)10-4-6-11(16-3)7-5-10/h4-7H,8-9H2,1-3H3. The van der Waals surface area contributed by atoms with Crippen molar-refractivity contribution in [1.82, 2.24) is 0 Å². The molecule has 86 valence electrons. The van der Waals surface area contributed by atoms with E-state index < -0.39 is 0 Å². The molecule has 1 aliphatic heterocycles. The van der Waals surface area contributed by atoms with E-state index in [0.717, 1.165) is 17.9 Å². The molecule has 0 saturated carbocycles. The number of amides is 1. The Morgan fingerprint density at radius 2 is 1.88 bits per heavy atom. The third-order valence-electron chi connectivity index (χ3n) is 3.14. The van der Waals surface area contributed by atoms with Crippen LogP contribution in [0.15, 0.2) is 24.3 Å². The molecule has 1 aliphatic rings. The van der Waals surface area contributed by atoms with Crippen molar-refractivity contribution in [2.45, 2.75) is 32.2 Å². The second kappa shape index (κ2) is 3.81. The van der Waals surface area contributed by atoms with E-state index in [1.54, 1.807) is 7.11 Å². The van der Waals surface area contributed by atoms with Crippen molar-refractivity contribution in [2.24, 2.45) is 0 Å². The molecule has 1 fully saturated rings. The summed E-state index contributed by atoms with van der Waals surface area (Å²) in [6.45, 7) is 4.20. The van der Waals surface area contributed by atoms with Crippen LogP contribution < -0.4 is 9.64 Å². The predicted molar refractivity (Wildman–Crippen MR) is 63.8 cm³/mol. The van der Waals surface area contributed by atoms with E-state index in [2.05, 4.69) is 13.8 Å². The van der Waals surface area contributed by atoms with Crippen LogP contribution in [0.25, 0.3) is 0 Å². The van der Waals surface area contributed by atoms with Gasteiger partial charge in [-0.05, 0) is 44.5 Å². The van der Waals surface area contributed by atoms with Gasteiger partial charge in [0.05, 0.1) is 7.11 Å². The molecule has 0 spiro atoms. The molecule has 1 amide bonds. The van der Waals surface area contributed by atoms with E-state index in [4.69, 9.17) is 4.74 Å². The Morgan fingerprint density at radius 3 is 2.31 bits per heavy atom. The highest BCUT2D eigenvalue weighted by molar-refractivity contribution is 5.97.